The number of ether oxygens (including phenoxy) is 1. The number of carbonyl (C=O) groups is 1. The van der Waals surface area contributed by atoms with E-state index < -0.39 is 11.6 Å². The molecule has 2 aromatic rings. The van der Waals surface area contributed by atoms with Crippen molar-refractivity contribution >= 4 is 17.4 Å². The summed E-state index contributed by atoms with van der Waals surface area (Å²) in [6.45, 7) is 0.0929. The second-order valence-electron chi connectivity index (χ2n) is 6.59. The molecule has 0 spiro atoms. The third-order valence-corrected chi connectivity index (χ3v) is 4.51. The molecule has 0 aromatic heterocycles. The molecule has 2 unspecified atom stereocenters. The van der Waals surface area contributed by atoms with Gasteiger partial charge in [0.1, 0.15) is 12.4 Å². The van der Waals surface area contributed by atoms with Crippen molar-refractivity contribution in [1.82, 2.24) is 0 Å². The molecule has 128 valence electrons. The first-order chi connectivity index (χ1) is 11.3. The van der Waals surface area contributed by atoms with E-state index in [1.165, 1.54) is 0 Å². The fourth-order valence-electron chi connectivity index (χ4n) is 2.24. The monoisotopic (exact) mass is 348 g/mol. The molecule has 4 nitrogen and oxygen atoms in total. The summed E-state index contributed by atoms with van der Waals surface area (Å²) in [4.78, 5) is 12.3. The van der Waals surface area contributed by atoms with E-state index in [0.717, 1.165) is 0 Å². The van der Waals surface area contributed by atoms with Crippen LogP contribution in [0.5, 0.6) is 5.75 Å². The van der Waals surface area contributed by atoms with Gasteiger partial charge in [-0.2, -0.15) is 0 Å². The van der Waals surface area contributed by atoms with Gasteiger partial charge in [-0.15, -0.1) is 0 Å². The minimum atomic E-state index is -0.794. The van der Waals surface area contributed by atoms with E-state index in [0.29, 0.717) is 21.4 Å². The number of hydrogen-bond acceptors (Lipinski definition) is 3. The van der Waals surface area contributed by atoms with Crippen LogP contribution in [-0.2, 0) is 0 Å². The van der Waals surface area contributed by atoms with Crippen LogP contribution in [-0.4, -0.2) is 54.7 Å². The van der Waals surface area contributed by atoms with Gasteiger partial charge in [-0.3, -0.25) is 4.79 Å². The second kappa shape index (κ2) is 7.79. The summed E-state index contributed by atoms with van der Waals surface area (Å²) in [5, 5.41) is 10.1. The molecule has 0 aliphatic heterocycles. The van der Waals surface area contributed by atoms with Gasteiger partial charge in [0.2, 0.25) is 0 Å². The Kier molecular flexibility index (Phi) is 5.99. The molecule has 0 aliphatic carbocycles. The largest absolute Gasteiger partial charge is 0.491 e. The lowest BCUT2D eigenvalue weighted by molar-refractivity contribution is -0.886. The number of hydrogen-bond donors (Lipinski definition) is 1. The van der Waals surface area contributed by atoms with Crippen LogP contribution in [0.2, 0.25) is 0 Å². The highest BCUT2D eigenvalue weighted by molar-refractivity contribution is 6.20. The molecule has 2 atom stereocenters. The number of rotatable bonds is 7. The van der Waals surface area contributed by atoms with E-state index in [1.54, 1.807) is 36.4 Å². The fraction of sp³-hybridized carbons (Fsp3) is 0.316. The van der Waals surface area contributed by atoms with E-state index in [9.17, 15) is 9.90 Å². The van der Waals surface area contributed by atoms with E-state index in [2.05, 4.69) is 0 Å². The van der Waals surface area contributed by atoms with Crippen molar-refractivity contribution in [3.05, 3.63) is 65.7 Å². The second-order valence-corrected chi connectivity index (χ2v) is 7.03. The highest BCUT2D eigenvalue weighted by Crippen LogP contribution is 2.18. The third kappa shape index (κ3) is 4.81. The Morgan fingerprint density at radius 1 is 1.04 bits per heavy atom. The Morgan fingerprint density at radius 2 is 1.58 bits per heavy atom. The molecular weight excluding hydrogens is 326 g/mol. The maximum atomic E-state index is 12.3. The summed E-state index contributed by atoms with van der Waals surface area (Å²) in [5.41, 5.74) is 0.772. The molecule has 0 saturated heterocycles. The topological polar surface area (TPSA) is 46.5 Å². The quantitative estimate of drug-likeness (QED) is 0.362. The lowest BCUT2D eigenvalue weighted by Gasteiger charge is -2.32. The van der Waals surface area contributed by atoms with Crippen LogP contribution in [0.4, 0.5) is 0 Å². The van der Waals surface area contributed by atoms with E-state index in [4.69, 9.17) is 16.3 Å². The Labute approximate surface area is 147 Å². The van der Waals surface area contributed by atoms with Gasteiger partial charge in [-0.05, 0) is 24.3 Å². The number of quaternary nitrogens is 1. The summed E-state index contributed by atoms with van der Waals surface area (Å²) in [5.74, 6) is 0.553. The van der Waals surface area contributed by atoms with Gasteiger partial charge in [0.05, 0.1) is 21.1 Å². The van der Waals surface area contributed by atoms with Crippen LogP contribution in [0.25, 0.3) is 0 Å². The maximum Gasteiger partial charge on any atom is 0.193 e. The Morgan fingerprint density at radius 3 is 2.12 bits per heavy atom. The van der Waals surface area contributed by atoms with Crippen LogP contribution in [0.3, 0.4) is 0 Å². The average molecular weight is 349 g/mol. The Bertz CT molecular complexity index is 665. The lowest BCUT2D eigenvalue weighted by Crippen LogP contribution is -2.50. The van der Waals surface area contributed by atoms with E-state index in [-0.39, 0.29) is 12.4 Å². The number of benzene rings is 2. The first-order valence-corrected chi connectivity index (χ1v) is 8.18. The zero-order valence-corrected chi connectivity index (χ0v) is 14.9. The zero-order valence-electron chi connectivity index (χ0n) is 14.1. The standard InChI is InChI=1S/C19H23ClNO3/c1-21(2,3)19(20)17(22)13-24-16-11-9-15(10-12-16)18(23)14-7-5-4-6-8-14/h4-12,17,19,22H,13H2,1-3H3/q+1. The first-order valence-electron chi connectivity index (χ1n) is 7.75. The number of aliphatic hydroxyl groups excluding tert-OH is 1. The van der Waals surface area contributed by atoms with Crippen LogP contribution in [0.15, 0.2) is 54.6 Å². The van der Waals surface area contributed by atoms with E-state index >= 15 is 0 Å². The van der Waals surface area contributed by atoms with Crippen LogP contribution in [0, 0.1) is 0 Å². The van der Waals surface area contributed by atoms with E-state index in [1.807, 2.05) is 39.3 Å². The average Bonchev–Trinajstić information content (AvgIpc) is 2.58. The maximum absolute atomic E-state index is 12.3. The molecule has 1 N–H and O–H groups in total. The van der Waals surface area contributed by atoms with Crippen molar-refractivity contribution < 1.29 is 19.1 Å². The molecule has 0 saturated carbocycles. The molecule has 0 amide bonds. The van der Waals surface area contributed by atoms with Gasteiger partial charge in [0.25, 0.3) is 0 Å². The minimum absolute atomic E-state index is 0.0342. The number of aliphatic hydroxyl groups is 1. The van der Waals surface area contributed by atoms with Gasteiger partial charge in [0, 0.05) is 11.1 Å². The predicted octanol–water partition coefficient (Wildman–Crippen LogP) is 2.93. The van der Waals surface area contributed by atoms with Crippen molar-refractivity contribution in [2.45, 2.75) is 11.6 Å². The highest BCUT2D eigenvalue weighted by Gasteiger charge is 2.29. The van der Waals surface area contributed by atoms with Crippen molar-refractivity contribution in [2.75, 3.05) is 27.7 Å². The summed E-state index contributed by atoms with van der Waals surface area (Å²) in [6, 6.07) is 16.0. The molecule has 2 aromatic carbocycles. The highest BCUT2D eigenvalue weighted by atomic mass is 35.5. The number of ketones is 1. The number of likely N-dealkylation sites (N-methyl/N-ethyl adjacent to an activating group) is 1. The molecule has 0 heterocycles. The van der Waals surface area contributed by atoms with Crippen molar-refractivity contribution in [1.29, 1.82) is 0 Å². The normalized spacial score (nSPS) is 14.0. The molecule has 0 aliphatic rings. The lowest BCUT2D eigenvalue weighted by atomic mass is 10.0. The number of nitrogens with zero attached hydrogens (tertiary/aromatic N) is 1. The minimum Gasteiger partial charge on any atom is -0.491 e. The summed E-state index contributed by atoms with van der Waals surface area (Å²) in [6.07, 6.45) is -0.794. The summed E-state index contributed by atoms with van der Waals surface area (Å²) < 4.78 is 6.00. The Hall–Kier alpha value is -1.88. The summed E-state index contributed by atoms with van der Waals surface area (Å²) >= 11 is 6.21. The Balaban J connectivity index is 1.96. The zero-order chi connectivity index (χ0) is 17.7. The molecule has 2 rings (SSSR count). The van der Waals surface area contributed by atoms with Gasteiger partial charge >= 0.3 is 0 Å². The SMILES string of the molecule is C[N+](C)(C)C(Cl)C(O)COc1ccc(C(=O)c2ccccc2)cc1. The van der Waals surface area contributed by atoms with Crippen LogP contribution in [0.1, 0.15) is 15.9 Å². The first kappa shape index (κ1) is 18.5. The van der Waals surface area contributed by atoms with Gasteiger partial charge in [-0.1, -0.05) is 41.9 Å². The van der Waals surface area contributed by atoms with Crippen molar-refractivity contribution in [2.24, 2.45) is 0 Å². The van der Waals surface area contributed by atoms with Gasteiger partial charge < -0.3 is 14.3 Å². The van der Waals surface area contributed by atoms with Crippen LogP contribution < -0.4 is 4.74 Å². The van der Waals surface area contributed by atoms with Gasteiger partial charge in [0.15, 0.2) is 17.4 Å². The van der Waals surface area contributed by atoms with Gasteiger partial charge in [-0.25, -0.2) is 0 Å². The molecular formula is C19H23ClNO3+. The van der Waals surface area contributed by atoms with Crippen molar-refractivity contribution in [3.63, 3.8) is 0 Å². The van der Waals surface area contributed by atoms with Crippen LogP contribution >= 0.6 is 11.6 Å². The molecule has 5 heteroatoms. The number of carbonyl (C=O) groups excluding carboxylic acids is 1. The predicted molar refractivity (Wildman–Crippen MR) is 95.5 cm³/mol. The fourth-order valence-corrected chi connectivity index (χ4v) is 2.31. The summed E-state index contributed by atoms with van der Waals surface area (Å²) in [7, 11) is 5.72. The molecule has 0 fully saturated rings. The number of alkyl halides is 1. The molecule has 0 bridgehead atoms. The smallest absolute Gasteiger partial charge is 0.193 e. The third-order valence-electron chi connectivity index (χ3n) is 3.63. The molecule has 24 heavy (non-hydrogen) atoms. The van der Waals surface area contributed by atoms with Crippen molar-refractivity contribution in [3.8, 4) is 5.75 Å². The molecule has 0 radical (unpaired) electrons. The number of halogens is 1.